The summed E-state index contributed by atoms with van der Waals surface area (Å²) in [6, 6.07) is 11.5. The first-order valence-electron chi connectivity index (χ1n) is 7.32. The van der Waals surface area contributed by atoms with Gasteiger partial charge in [-0.05, 0) is 24.3 Å². The summed E-state index contributed by atoms with van der Waals surface area (Å²) in [6.07, 6.45) is -0.326. The van der Waals surface area contributed by atoms with E-state index in [1.165, 1.54) is 0 Å². The molecule has 1 N–H and O–H groups in total. The molecule has 118 valence electrons. The molecule has 1 unspecified atom stereocenters. The van der Waals surface area contributed by atoms with Crippen molar-refractivity contribution in [2.75, 3.05) is 25.1 Å². The van der Waals surface area contributed by atoms with Gasteiger partial charge in [0, 0.05) is 21.8 Å². The van der Waals surface area contributed by atoms with Crippen molar-refractivity contribution in [3.63, 3.8) is 0 Å². The Morgan fingerprint density at radius 2 is 1.96 bits per heavy atom. The van der Waals surface area contributed by atoms with E-state index in [9.17, 15) is 0 Å². The van der Waals surface area contributed by atoms with Crippen LogP contribution in [0, 0.1) is 0 Å². The second kappa shape index (κ2) is 6.00. The van der Waals surface area contributed by atoms with Crippen molar-refractivity contribution in [2.24, 2.45) is 0 Å². The molecule has 4 rings (SSSR count). The molecule has 2 aliphatic rings. The number of hydrogen-bond donors (Lipinski definition) is 1. The normalized spacial score (nSPS) is 19.5. The number of anilines is 1. The number of thiocarbonyl (C=S) groups is 1. The van der Waals surface area contributed by atoms with Gasteiger partial charge in [0.05, 0.1) is 6.61 Å². The summed E-state index contributed by atoms with van der Waals surface area (Å²) in [4.78, 5) is 0.637. The predicted molar refractivity (Wildman–Crippen MR) is 92.9 cm³/mol. The molecule has 6 heteroatoms. The van der Waals surface area contributed by atoms with Gasteiger partial charge in [-0.1, -0.05) is 36.0 Å². The van der Waals surface area contributed by atoms with Crippen LogP contribution in [0.4, 0.5) is 5.69 Å². The SMILES string of the molecule is S=C1COC(c2cccc3c2OCCO3)c2cc(Cl)ccc2N1. The average molecular weight is 348 g/mol. The Hall–Kier alpha value is -1.82. The third-order valence-electron chi connectivity index (χ3n) is 3.83. The molecule has 0 saturated carbocycles. The lowest BCUT2D eigenvalue weighted by molar-refractivity contribution is 0.107. The van der Waals surface area contributed by atoms with Gasteiger partial charge in [0.1, 0.15) is 24.3 Å². The summed E-state index contributed by atoms with van der Waals surface area (Å²) in [5.41, 5.74) is 2.74. The Morgan fingerprint density at radius 3 is 2.87 bits per heavy atom. The molecule has 1 atom stereocenters. The Balaban J connectivity index is 1.86. The maximum Gasteiger partial charge on any atom is 0.167 e. The zero-order chi connectivity index (χ0) is 15.8. The van der Waals surface area contributed by atoms with Crippen LogP contribution in [0.1, 0.15) is 17.2 Å². The highest BCUT2D eigenvalue weighted by molar-refractivity contribution is 7.80. The minimum atomic E-state index is -0.326. The number of benzene rings is 2. The summed E-state index contributed by atoms with van der Waals surface area (Å²) < 4.78 is 17.6. The van der Waals surface area contributed by atoms with Gasteiger partial charge < -0.3 is 19.5 Å². The highest BCUT2D eigenvalue weighted by atomic mass is 35.5. The highest BCUT2D eigenvalue weighted by Gasteiger charge is 2.28. The van der Waals surface area contributed by atoms with Crippen molar-refractivity contribution in [1.82, 2.24) is 0 Å². The Kier molecular flexibility index (Phi) is 3.85. The first-order chi connectivity index (χ1) is 11.2. The number of halogens is 1. The van der Waals surface area contributed by atoms with Gasteiger partial charge in [-0.2, -0.15) is 0 Å². The Morgan fingerprint density at radius 1 is 1.09 bits per heavy atom. The van der Waals surface area contributed by atoms with Crippen LogP contribution in [-0.4, -0.2) is 24.8 Å². The largest absolute Gasteiger partial charge is 0.486 e. The summed E-state index contributed by atoms with van der Waals surface area (Å²) in [6.45, 7) is 1.41. The van der Waals surface area contributed by atoms with Crippen molar-refractivity contribution < 1.29 is 14.2 Å². The molecule has 0 fully saturated rings. The van der Waals surface area contributed by atoms with Crippen molar-refractivity contribution in [2.45, 2.75) is 6.10 Å². The fourth-order valence-corrected chi connectivity index (χ4v) is 3.22. The van der Waals surface area contributed by atoms with Gasteiger partial charge >= 0.3 is 0 Å². The number of ether oxygens (including phenoxy) is 3. The number of nitrogens with one attached hydrogen (secondary N) is 1. The lowest BCUT2D eigenvalue weighted by Crippen LogP contribution is -2.18. The van der Waals surface area contributed by atoms with E-state index in [0.717, 1.165) is 28.3 Å². The van der Waals surface area contributed by atoms with E-state index in [4.69, 9.17) is 38.0 Å². The second-order valence-electron chi connectivity index (χ2n) is 5.34. The molecule has 0 amide bonds. The van der Waals surface area contributed by atoms with E-state index in [-0.39, 0.29) is 6.10 Å². The van der Waals surface area contributed by atoms with Crippen LogP contribution in [-0.2, 0) is 4.74 Å². The molecule has 0 spiro atoms. The van der Waals surface area contributed by atoms with Gasteiger partial charge in [-0.3, -0.25) is 0 Å². The maximum atomic E-state index is 6.19. The topological polar surface area (TPSA) is 39.7 Å². The number of rotatable bonds is 1. The van der Waals surface area contributed by atoms with Crippen molar-refractivity contribution in [3.05, 3.63) is 52.5 Å². The molecule has 0 aliphatic carbocycles. The van der Waals surface area contributed by atoms with Gasteiger partial charge in [-0.25, -0.2) is 0 Å². The van der Waals surface area contributed by atoms with Gasteiger partial charge in [0.2, 0.25) is 0 Å². The lowest BCUT2D eigenvalue weighted by Gasteiger charge is -2.25. The zero-order valence-electron chi connectivity index (χ0n) is 12.2. The predicted octanol–water partition coefficient (Wildman–Crippen LogP) is 3.97. The molecule has 2 aromatic rings. The number of hydrogen-bond acceptors (Lipinski definition) is 4. The summed E-state index contributed by atoms with van der Waals surface area (Å²) in [5, 5.41) is 3.85. The lowest BCUT2D eigenvalue weighted by atomic mass is 9.98. The molecule has 0 radical (unpaired) electrons. The maximum absolute atomic E-state index is 6.19. The van der Waals surface area contributed by atoms with E-state index >= 15 is 0 Å². The number of fused-ring (bicyclic) bond motifs is 2. The zero-order valence-corrected chi connectivity index (χ0v) is 13.7. The molecule has 0 bridgehead atoms. The fourth-order valence-electron chi connectivity index (χ4n) is 2.86. The van der Waals surface area contributed by atoms with E-state index in [2.05, 4.69) is 5.32 Å². The van der Waals surface area contributed by atoms with Crippen LogP contribution in [0.5, 0.6) is 11.5 Å². The molecular weight excluding hydrogens is 334 g/mol. The third kappa shape index (κ3) is 2.76. The van der Waals surface area contributed by atoms with Crippen molar-refractivity contribution in [1.29, 1.82) is 0 Å². The quantitative estimate of drug-likeness (QED) is 0.790. The molecule has 4 nitrogen and oxygen atoms in total. The van der Waals surface area contributed by atoms with Crippen LogP contribution in [0.3, 0.4) is 0 Å². The smallest absolute Gasteiger partial charge is 0.167 e. The first kappa shape index (κ1) is 14.8. The van der Waals surface area contributed by atoms with Gasteiger partial charge in [-0.15, -0.1) is 0 Å². The minimum Gasteiger partial charge on any atom is -0.486 e. The molecule has 2 aliphatic heterocycles. The van der Waals surface area contributed by atoms with E-state index in [0.29, 0.717) is 29.8 Å². The molecule has 23 heavy (non-hydrogen) atoms. The van der Waals surface area contributed by atoms with Crippen molar-refractivity contribution >= 4 is 34.5 Å². The molecule has 2 heterocycles. The van der Waals surface area contributed by atoms with Crippen LogP contribution in [0.2, 0.25) is 5.02 Å². The molecule has 0 aromatic heterocycles. The van der Waals surface area contributed by atoms with Gasteiger partial charge in [0.15, 0.2) is 11.5 Å². The Bertz CT molecular complexity index is 780. The van der Waals surface area contributed by atoms with Crippen LogP contribution >= 0.6 is 23.8 Å². The van der Waals surface area contributed by atoms with Crippen LogP contribution in [0.15, 0.2) is 36.4 Å². The van der Waals surface area contributed by atoms with Crippen molar-refractivity contribution in [3.8, 4) is 11.5 Å². The van der Waals surface area contributed by atoms with Crippen LogP contribution in [0.25, 0.3) is 0 Å². The van der Waals surface area contributed by atoms with Gasteiger partial charge in [0.25, 0.3) is 0 Å². The van der Waals surface area contributed by atoms with Crippen LogP contribution < -0.4 is 14.8 Å². The fraction of sp³-hybridized carbons (Fsp3) is 0.235. The third-order valence-corrected chi connectivity index (χ3v) is 4.29. The standard InChI is InChI=1S/C17H14ClNO3S/c18-10-4-5-13-12(8-10)16(22-9-15(23)19-13)11-2-1-3-14-17(11)21-7-6-20-14/h1-5,8,16H,6-7,9H2,(H,19,23). The Labute approximate surface area is 144 Å². The molecule has 2 aromatic carbocycles. The monoisotopic (exact) mass is 347 g/mol. The molecular formula is C17H14ClNO3S. The summed E-state index contributed by atoms with van der Waals surface area (Å²) >= 11 is 11.5. The second-order valence-corrected chi connectivity index (χ2v) is 6.27. The summed E-state index contributed by atoms with van der Waals surface area (Å²) in [5.74, 6) is 1.46. The molecule has 0 saturated heterocycles. The summed E-state index contributed by atoms with van der Waals surface area (Å²) in [7, 11) is 0. The minimum absolute atomic E-state index is 0.326. The number of para-hydroxylation sites is 1. The first-order valence-corrected chi connectivity index (χ1v) is 8.10. The van der Waals surface area contributed by atoms with E-state index in [1.54, 1.807) is 0 Å². The highest BCUT2D eigenvalue weighted by Crippen LogP contribution is 2.43. The van der Waals surface area contributed by atoms with E-state index in [1.807, 2.05) is 36.4 Å². The van der Waals surface area contributed by atoms with E-state index < -0.39 is 0 Å². The average Bonchev–Trinajstić information content (AvgIpc) is 2.73.